The third-order valence-corrected chi connectivity index (χ3v) is 3.82. The third-order valence-electron chi connectivity index (χ3n) is 2.54. The summed E-state index contributed by atoms with van der Waals surface area (Å²) in [5, 5.41) is 3.67. The molecule has 0 aromatic carbocycles. The zero-order chi connectivity index (χ0) is 7.68. The predicted molar refractivity (Wildman–Crippen MR) is 51.1 cm³/mol. The van der Waals surface area contributed by atoms with E-state index < -0.39 is 0 Å². The van der Waals surface area contributed by atoms with Crippen LogP contribution in [0.5, 0.6) is 0 Å². The van der Waals surface area contributed by atoms with Gasteiger partial charge in [-0.15, -0.1) is 0 Å². The van der Waals surface area contributed by atoms with Crippen molar-refractivity contribution >= 4 is 11.8 Å². The minimum absolute atomic E-state index is 0.772. The Morgan fingerprint density at radius 1 is 1.45 bits per heavy atom. The number of thioether (sulfide) groups is 1. The fourth-order valence-corrected chi connectivity index (χ4v) is 2.32. The third kappa shape index (κ3) is 2.38. The SMILES string of the molecule is CC(CC1CC1)NC1CSC1. The largest absolute Gasteiger partial charge is 0.310 e. The van der Waals surface area contributed by atoms with Crippen LogP contribution in [0.4, 0.5) is 0 Å². The molecule has 0 aromatic heterocycles. The van der Waals surface area contributed by atoms with Crippen LogP contribution in [-0.2, 0) is 0 Å². The highest BCUT2D eigenvalue weighted by Crippen LogP contribution is 2.33. The summed E-state index contributed by atoms with van der Waals surface area (Å²) in [6, 6.07) is 1.61. The van der Waals surface area contributed by atoms with Crippen LogP contribution in [0.25, 0.3) is 0 Å². The molecule has 1 atom stereocenters. The van der Waals surface area contributed by atoms with Crippen LogP contribution in [-0.4, -0.2) is 23.6 Å². The van der Waals surface area contributed by atoms with Gasteiger partial charge < -0.3 is 5.32 Å². The summed E-state index contributed by atoms with van der Waals surface area (Å²) >= 11 is 2.06. The van der Waals surface area contributed by atoms with E-state index in [0.29, 0.717) is 0 Å². The molecule has 2 fully saturated rings. The molecule has 0 aromatic rings. The van der Waals surface area contributed by atoms with E-state index in [4.69, 9.17) is 0 Å². The highest BCUT2D eigenvalue weighted by Gasteiger charge is 2.26. The smallest absolute Gasteiger partial charge is 0.0251 e. The van der Waals surface area contributed by atoms with E-state index in [-0.39, 0.29) is 0 Å². The van der Waals surface area contributed by atoms with E-state index in [1.165, 1.54) is 30.8 Å². The van der Waals surface area contributed by atoms with E-state index in [2.05, 4.69) is 24.0 Å². The maximum absolute atomic E-state index is 3.67. The molecular weight excluding hydrogens is 154 g/mol. The van der Waals surface area contributed by atoms with Crippen LogP contribution < -0.4 is 5.32 Å². The average Bonchev–Trinajstić information content (AvgIpc) is 2.62. The van der Waals surface area contributed by atoms with Crippen molar-refractivity contribution in [1.82, 2.24) is 5.32 Å². The van der Waals surface area contributed by atoms with Crippen molar-refractivity contribution in [2.45, 2.75) is 38.3 Å². The van der Waals surface area contributed by atoms with Crippen LogP contribution >= 0.6 is 11.8 Å². The second-order valence-corrected chi connectivity index (χ2v) is 5.06. The minimum atomic E-state index is 0.772. The fourth-order valence-electron chi connectivity index (χ4n) is 1.66. The molecule has 1 heterocycles. The monoisotopic (exact) mass is 171 g/mol. The molecule has 2 rings (SSSR count). The van der Waals surface area contributed by atoms with Crippen LogP contribution in [0.2, 0.25) is 0 Å². The van der Waals surface area contributed by atoms with Crippen LogP contribution in [0.3, 0.4) is 0 Å². The summed E-state index contributed by atoms with van der Waals surface area (Å²) in [6.45, 7) is 2.33. The maximum atomic E-state index is 3.67. The molecule has 1 N–H and O–H groups in total. The number of nitrogens with one attached hydrogen (secondary N) is 1. The van der Waals surface area contributed by atoms with Gasteiger partial charge in [0.1, 0.15) is 0 Å². The van der Waals surface area contributed by atoms with Crippen LogP contribution in [0.15, 0.2) is 0 Å². The second-order valence-electron chi connectivity index (χ2n) is 3.98. The molecule has 0 bridgehead atoms. The fraction of sp³-hybridized carbons (Fsp3) is 1.00. The van der Waals surface area contributed by atoms with Gasteiger partial charge in [-0.2, -0.15) is 11.8 Å². The molecule has 1 saturated heterocycles. The number of hydrogen-bond donors (Lipinski definition) is 1. The summed E-state index contributed by atoms with van der Waals surface area (Å²) in [4.78, 5) is 0. The molecule has 1 nitrogen and oxygen atoms in total. The maximum Gasteiger partial charge on any atom is 0.0251 e. The molecule has 2 heteroatoms. The highest BCUT2D eigenvalue weighted by molar-refractivity contribution is 8.00. The van der Waals surface area contributed by atoms with Gasteiger partial charge in [-0.1, -0.05) is 12.8 Å². The molecule has 0 radical (unpaired) electrons. The standard InChI is InChI=1S/C9H17NS/c1-7(4-8-2-3-8)10-9-5-11-6-9/h7-10H,2-6H2,1H3. The van der Waals surface area contributed by atoms with Gasteiger partial charge in [0.05, 0.1) is 0 Å². The van der Waals surface area contributed by atoms with Gasteiger partial charge in [0.2, 0.25) is 0 Å². The topological polar surface area (TPSA) is 12.0 Å². The first-order valence-corrected chi connectivity index (χ1v) is 5.84. The zero-order valence-corrected chi connectivity index (χ0v) is 7.99. The number of rotatable bonds is 4. The van der Waals surface area contributed by atoms with Crippen LogP contribution in [0, 0.1) is 5.92 Å². The summed E-state index contributed by atoms with van der Waals surface area (Å²) in [5.41, 5.74) is 0. The van der Waals surface area contributed by atoms with E-state index in [0.717, 1.165) is 18.0 Å². The predicted octanol–water partition coefficient (Wildman–Crippen LogP) is 1.88. The summed E-state index contributed by atoms with van der Waals surface area (Å²) in [5.74, 6) is 3.76. The van der Waals surface area contributed by atoms with Crippen molar-refractivity contribution in [2.75, 3.05) is 11.5 Å². The van der Waals surface area contributed by atoms with Gasteiger partial charge in [0.15, 0.2) is 0 Å². The lowest BCUT2D eigenvalue weighted by Gasteiger charge is -2.29. The molecular formula is C9H17NS. The Balaban J connectivity index is 1.59. The molecule has 1 aliphatic heterocycles. The molecule has 2 aliphatic rings. The minimum Gasteiger partial charge on any atom is -0.310 e. The molecule has 1 saturated carbocycles. The molecule has 64 valence electrons. The van der Waals surface area contributed by atoms with Gasteiger partial charge in [-0.3, -0.25) is 0 Å². The van der Waals surface area contributed by atoms with Gasteiger partial charge in [-0.25, -0.2) is 0 Å². The van der Waals surface area contributed by atoms with Gasteiger partial charge in [0, 0.05) is 23.6 Å². The van der Waals surface area contributed by atoms with E-state index in [9.17, 15) is 0 Å². The Morgan fingerprint density at radius 3 is 2.64 bits per heavy atom. The first-order chi connectivity index (χ1) is 5.34. The van der Waals surface area contributed by atoms with E-state index >= 15 is 0 Å². The second kappa shape index (κ2) is 3.36. The Kier molecular flexibility index (Phi) is 2.42. The molecule has 11 heavy (non-hydrogen) atoms. The average molecular weight is 171 g/mol. The van der Waals surface area contributed by atoms with Crippen molar-refractivity contribution in [3.05, 3.63) is 0 Å². The normalized spacial score (nSPS) is 28.1. The Bertz CT molecular complexity index is 130. The van der Waals surface area contributed by atoms with Gasteiger partial charge in [-0.05, 0) is 19.3 Å². The van der Waals surface area contributed by atoms with Crippen molar-refractivity contribution in [1.29, 1.82) is 0 Å². The van der Waals surface area contributed by atoms with Crippen molar-refractivity contribution in [3.8, 4) is 0 Å². The van der Waals surface area contributed by atoms with E-state index in [1.807, 2.05) is 0 Å². The molecule has 1 aliphatic carbocycles. The highest BCUT2D eigenvalue weighted by atomic mass is 32.2. The molecule has 0 spiro atoms. The summed E-state index contributed by atoms with van der Waals surface area (Å²) < 4.78 is 0. The first kappa shape index (κ1) is 7.93. The quantitative estimate of drug-likeness (QED) is 0.693. The molecule has 1 unspecified atom stereocenters. The number of hydrogen-bond acceptors (Lipinski definition) is 2. The first-order valence-electron chi connectivity index (χ1n) is 4.68. The Hall–Kier alpha value is 0.310. The molecule has 0 amide bonds. The van der Waals surface area contributed by atoms with Gasteiger partial charge in [0.25, 0.3) is 0 Å². The summed E-state index contributed by atoms with van der Waals surface area (Å²) in [7, 11) is 0. The van der Waals surface area contributed by atoms with Gasteiger partial charge >= 0.3 is 0 Å². The van der Waals surface area contributed by atoms with Crippen molar-refractivity contribution < 1.29 is 0 Å². The van der Waals surface area contributed by atoms with E-state index in [1.54, 1.807) is 0 Å². The van der Waals surface area contributed by atoms with Crippen LogP contribution in [0.1, 0.15) is 26.2 Å². The lowest BCUT2D eigenvalue weighted by Crippen LogP contribution is -2.45. The Labute approximate surface area is 73.3 Å². The summed E-state index contributed by atoms with van der Waals surface area (Å²) in [6.07, 6.45) is 4.40. The lowest BCUT2D eigenvalue weighted by atomic mass is 10.1. The Morgan fingerprint density at radius 2 is 2.18 bits per heavy atom. The van der Waals surface area contributed by atoms with Crippen molar-refractivity contribution in [3.63, 3.8) is 0 Å². The lowest BCUT2D eigenvalue weighted by molar-refractivity contribution is 0.445. The van der Waals surface area contributed by atoms with Crippen molar-refractivity contribution in [2.24, 2.45) is 5.92 Å². The zero-order valence-electron chi connectivity index (χ0n) is 7.18.